The van der Waals surface area contributed by atoms with Crippen molar-refractivity contribution in [2.24, 2.45) is 22.2 Å². The summed E-state index contributed by atoms with van der Waals surface area (Å²) in [6.07, 6.45) is 0.761. The molecule has 160 valence electrons. The van der Waals surface area contributed by atoms with Crippen molar-refractivity contribution in [1.82, 2.24) is 10.6 Å². The molecule has 3 atom stereocenters. The quantitative estimate of drug-likeness (QED) is 0.128. The Morgan fingerprint density at radius 3 is 2.28 bits per heavy atom. The van der Waals surface area contributed by atoms with Gasteiger partial charge >= 0.3 is 5.97 Å². The molecule has 0 aliphatic heterocycles. The number of carbonyl (C=O) groups excluding carboxylic acids is 2. The zero-order valence-electron chi connectivity index (χ0n) is 16.2. The van der Waals surface area contributed by atoms with Crippen LogP contribution in [0.5, 0.6) is 5.75 Å². The summed E-state index contributed by atoms with van der Waals surface area (Å²) in [5.41, 5.74) is 17.2. The maximum atomic E-state index is 12.4. The van der Waals surface area contributed by atoms with Gasteiger partial charge in [0.25, 0.3) is 0 Å². The number of benzene rings is 1. The Hall–Kier alpha value is -3.34. The lowest BCUT2D eigenvalue weighted by Gasteiger charge is -2.21. The molecule has 1 aromatic rings. The number of hydrogen-bond acceptors (Lipinski definition) is 6. The van der Waals surface area contributed by atoms with Gasteiger partial charge in [-0.2, -0.15) is 0 Å². The first-order valence-corrected chi connectivity index (χ1v) is 9.02. The standard InChI is InChI=1S/C18H28N6O5/c1-10(17(28)29)23-16(27)14(3-2-8-22-18(20)21)24-15(26)13(19)9-11-4-6-12(25)7-5-11/h4-7,10,13-14,25H,2-3,8-9,19H2,1H3,(H,23,27)(H,24,26)(H,28,29)(H4,20,21,22)/t10-,13-,14-/m0/s1. The van der Waals surface area contributed by atoms with Gasteiger partial charge in [0.2, 0.25) is 11.8 Å². The summed E-state index contributed by atoms with van der Waals surface area (Å²) in [7, 11) is 0. The highest BCUT2D eigenvalue weighted by Gasteiger charge is 2.26. The van der Waals surface area contributed by atoms with Crippen molar-refractivity contribution >= 4 is 23.7 Å². The molecule has 0 heterocycles. The number of guanidine groups is 1. The highest BCUT2D eigenvalue weighted by Crippen LogP contribution is 2.11. The average Bonchev–Trinajstić information content (AvgIpc) is 2.65. The van der Waals surface area contributed by atoms with Gasteiger partial charge in [-0.15, -0.1) is 0 Å². The molecule has 0 aromatic heterocycles. The number of nitrogens with two attached hydrogens (primary N) is 3. The van der Waals surface area contributed by atoms with Crippen LogP contribution >= 0.6 is 0 Å². The van der Waals surface area contributed by atoms with Crippen molar-refractivity contribution in [3.8, 4) is 5.75 Å². The summed E-state index contributed by atoms with van der Waals surface area (Å²) in [5.74, 6) is -2.41. The monoisotopic (exact) mass is 408 g/mol. The number of carboxylic acids is 1. The van der Waals surface area contributed by atoms with Gasteiger partial charge in [-0.1, -0.05) is 12.1 Å². The number of aliphatic imine (C=N–C) groups is 1. The summed E-state index contributed by atoms with van der Waals surface area (Å²) >= 11 is 0. The first-order chi connectivity index (χ1) is 13.6. The summed E-state index contributed by atoms with van der Waals surface area (Å²) in [6.45, 7) is 1.56. The van der Waals surface area contributed by atoms with Crippen molar-refractivity contribution in [2.45, 2.75) is 44.3 Å². The van der Waals surface area contributed by atoms with E-state index in [1.807, 2.05) is 0 Å². The first-order valence-electron chi connectivity index (χ1n) is 9.02. The molecular weight excluding hydrogens is 380 g/mol. The number of aliphatic carboxylic acids is 1. The maximum Gasteiger partial charge on any atom is 0.325 e. The summed E-state index contributed by atoms with van der Waals surface area (Å²) in [6, 6.07) is 3.17. The van der Waals surface area contributed by atoms with Gasteiger partial charge < -0.3 is 38.0 Å². The zero-order chi connectivity index (χ0) is 22.0. The molecule has 0 aliphatic rings. The van der Waals surface area contributed by atoms with Crippen LogP contribution in [0.25, 0.3) is 0 Å². The second-order valence-corrected chi connectivity index (χ2v) is 6.56. The van der Waals surface area contributed by atoms with E-state index < -0.39 is 35.9 Å². The summed E-state index contributed by atoms with van der Waals surface area (Å²) in [4.78, 5) is 39.6. The van der Waals surface area contributed by atoms with Gasteiger partial charge in [0.15, 0.2) is 5.96 Å². The Labute approximate surface area is 168 Å². The predicted molar refractivity (Wildman–Crippen MR) is 107 cm³/mol. The SMILES string of the molecule is C[C@H](NC(=O)[C@H](CCCN=C(N)N)NC(=O)[C@@H](N)Cc1ccc(O)cc1)C(=O)O. The van der Waals surface area contributed by atoms with Gasteiger partial charge in [-0.25, -0.2) is 0 Å². The zero-order valence-corrected chi connectivity index (χ0v) is 16.2. The van der Waals surface area contributed by atoms with Crippen LogP contribution in [0.4, 0.5) is 0 Å². The number of nitrogens with zero attached hydrogens (tertiary/aromatic N) is 1. The lowest BCUT2D eigenvalue weighted by atomic mass is 10.0. The van der Waals surface area contributed by atoms with E-state index in [4.69, 9.17) is 22.3 Å². The molecule has 0 unspecified atom stereocenters. The molecule has 1 rings (SSSR count). The van der Waals surface area contributed by atoms with Crippen LogP contribution in [0.1, 0.15) is 25.3 Å². The highest BCUT2D eigenvalue weighted by molar-refractivity contribution is 5.91. The third-order valence-electron chi connectivity index (χ3n) is 4.04. The molecule has 0 aliphatic carbocycles. The van der Waals surface area contributed by atoms with E-state index in [1.54, 1.807) is 12.1 Å². The fourth-order valence-electron chi connectivity index (χ4n) is 2.41. The molecule has 11 heteroatoms. The van der Waals surface area contributed by atoms with Crippen LogP contribution in [0, 0.1) is 0 Å². The van der Waals surface area contributed by atoms with Crippen LogP contribution in [0.15, 0.2) is 29.3 Å². The van der Waals surface area contributed by atoms with E-state index in [0.29, 0.717) is 6.42 Å². The number of rotatable bonds is 11. The number of aromatic hydroxyl groups is 1. The Morgan fingerprint density at radius 1 is 1.10 bits per heavy atom. The third kappa shape index (κ3) is 8.93. The van der Waals surface area contributed by atoms with Crippen LogP contribution in [0.2, 0.25) is 0 Å². The fourth-order valence-corrected chi connectivity index (χ4v) is 2.41. The second kappa shape index (κ2) is 11.5. The normalized spacial score (nSPS) is 13.6. The minimum Gasteiger partial charge on any atom is -0.508 e. The Bertz CT molecular complexity index is 733. The third-order valence-corrected chi connectivity index (χ3v) is 4.04. The van der Waals surface area contributed by atoms with E-state index in [-0.39, 0.29) is 31.1 Å². The molecule has 1 aromatic carbocycles. The van der Waals surface area contributed by atoms with Crippen LogP contribution in [-0.4, -0.2) is 58.6 Å². The predicted octanol–water partition coefficient (Wildman–Crippen LogP) is -1.61. The number of phenols is 1. The number of amides is 2. The van der Waals surface area contributed by atoms with E-state index in [2.05, 4.69) is 15.6 Å². The van der Waals surface area contributed by atoms with Crippen molar-refractivity contribution < 1.29 is 24.6 Å². The number of phenolic OH excluding ortho intramolecular Hbond substituents is 1. The van der Waals surface area contributed by atoms with Gasteiger partial charge in [0.1, 0.15) is 17.8 Å². The number of hydrogen-bond donors (Lipinski definition) is 7. The van der Waals surface area contributed by atoms with Crippen molar-refractivity contribution in [1.29, 1.82) is 0 Å². The molecule has 0 radical (unpaired) electrons. The smallest absolute Gasteiger partial charge is 0.325 e. The molecule has 0 saturated heterocycles. The van der Waals surface area contributed by atoms with Crippen molar-refractivity contribution in [3.63, 3.8) is 0 Å². The van der Waals surface area contributed by atoms with E-state index in [1.165, 1.54) is 19.1 Å². The molecule has 0 saturated carbocycles. The van der Waals surface area contributed by atoms with Gasteiger partial charge in [0.05, 0.1) is 6.04 Å². The average molecular weight is 408 g/mol. The number of carboxylic acid groups (broad SMARTS) is 1. The molecule has 29 heavy (non-hydrogen) atoms. The number of carbonyl (C=O) groups is 3. The maximum absolute atomic E-state index is 12.4. The highest BCUT2D eigenvalue weighted by atomic mass is 16.4. The summed E-state index contributed by atoms with van der Waals surface area (Å²) < 4.78 is 0. The van der Waals surface area contributed by atoms with E-state index >= 15 is 0 Å². The molecule has 0 bridgehead atoms. The van der Waals surface area contributed by atoms with E-state index in [0.717, 1.165) is 5.56 Å². The second-order valence-electron chi connectivity index (χ2n) is 6.56. The van der Waals surface area contributed by atoms with Crippen molar-refractivity contribution in [2.75, 3.05) is 6.54 Å². The molecule has 0 fully saturated rings. The molecule has 2 amide bonds. The van der Waals surface area contributed by atoms with Crippen LogP contribution < -0.4 is 27.8 Å². The van der Waals surface area contributed by atoms with Crippen LogP contribution in [-0.2, 0) is 20.8 Å². The molecule has 11 nitrogen and oxygen atoms in total. The summed E-state index contributed by atoms with van der Waals surface area (Å²) in [5, 5.41) is 23.1. The largest absolute Gasteiger partial charge is 0.508 e. The topological polar surface area (TPSA) is 206 Å². The van der Waals surface area contributed by atoms with E-state index in [9.17, 15) is 19.5 Å². The van der Waals surface area contributed by atoms with Gasteiger partial charge in [0, 0.05) is 6.54 Å². The Balaban J connectivity index is 2.74. The van der Waals surface area contributed by atoms with Gasteiger partial charge in [-0.05, 0) is 43.9 Å². The lowest BCUT2D eigenvalue weighted by Crippen LogP contribution is -2.54. The minimum atomic E-state index is -1.20. The lowest BCUT2D eigenvalue weighted by molar-refractivity contribution is -0.141. The van der Waals surface area contributed by atoms with Crippen molar-refractivity contribution in [3.05, 3.63) is 29.8 Å². The van der Waals surface area contributed by atoms with Crippen LogP contribution in [0.3, 0.4) is 0 Å². The molecule has 0 spiro atoms. The number of nitrogens with one attached hydrogen (secondary N) is 2. The molecular formula is C18H28N6O5. The minimum absolute atomic E-state index is 0.0922. The fraction of sp³-hybridized carbons (Fsp3) is 0.444. The molecule has 10 N–H and O–H groups in total. The van der Waals surface area contributed by atoms with Gasteiger partial charge in [-0.3, -0.25) is 19.4 Å². The Morgan fingerprint density at radius 2 is 1.72 bits per heavy atom. The Kier molecular flexibility index (Phi) is 9.39. The first kappa shape index (κ1) is 23.7.